The Kier molecular flexibility index (Phi) is 3.18. The zero-order chi connectivity index (χ0) is 12.5. The SMILES string of the molecule is CNC1COCC1C(=O)CC1Cc2ccccc21. The molecule has 0 aromatic heterocycles. The molecule has 3 unspecified atom stereocenters. The third-order valence-electron chi connectivity index (χ3n) is 4.27. The van der Waals surface area contributed by atoms with Gasteiger partial charge in [0.1, 0.15) is 5.78 Å². The van der Waals surface area contributed by atoms with Gasteiger partial charge in [-0.1, -0.05) is 24.3 Å². The van der Waals surface area contributed by atoms with Crippen molar-refractivity contribution in [2.24, 2.45) is 5.92 Å². The molecule has 1 fully saturated rings. The molecule has 2 aliphatic rings. The molecule has 3 nitrogen and oxygen atoms in total. The molecule has 1 aliphatic heterocycles. The Morgan fingerprint density at radius 2 is 2.22 bits per heavy atom. The number of fused-ring (bicyclic) bond motifs is 1. The molecule has 0 saturated carbocycles. The first-order chi connectivity index (χ1) is 8.79. The number of ketones is 1. The van der Waals surface area contributed by atoms with Gasteiger partial charge in [-0.3, -0.25) is 4.79 Å². The number of hydrogen-bond acceptors (Lipinski definition) is 3. The minimum absolute atomic E-state index is 0.0442. The smallest absolute Gasteiger partial charge is 0.140 e. The van der Waals surface area contributed by atoms with Crippen LogP contribution in [0, 0.1) is 5.92 Å². The molecule has 3 rings (SSSR count). The number of rotatable bonds is 4. The third kappa shape index (κ3) is 1.98. The lowest BCUT2D eigenvalue weighted by atomic mass is 9.73. The van der Waals surface area contributed by atoms with Crippen molar-refractivity contribution in [3.05, 3.63) is 35.4 Å². The van der Waals surface area contributed by atoms with Crippen LogP contribution in [0.4, 0.5) is 0 Å². The molecule has 18 heavy (non-hydrogen) atoms. The van der Waals surface area contributed by atoms with E-state index in [0.717, 1.165) is 6.42 Å². The van der Waals surface area contributed by atoms with Gasteiger partial charge < -0.3 is 10.1 Å². The first-order valence-electron chi connectivity index (χ1n) is 6.65. The summed E-state index contributed by atoms with van der Waals surface area (Å²) in [6.45, 7) is 1.24. The predicted octanol–water partition coefficient (Wildman–Crippen LogP) is 1.52. The highest BCUT2D eigenvalue weighted by Crippen LogP contribution is 2.38. The van der Waals surface area contributed by atoms with Gasteiger partial charge in [0.15, 0.2) is 0 Å². The van der Waals surface area contributed by atoms with Crippen LogP contribution in [0.25, 0.3) is 0 Å². The maximum absolute atomic E-state index is 12.3. The second kappa shape index (κ2) is 4.82. The standard InChI is InChI=1S/C15H19NO2/c1-16-14-9-18-8-13(14)15(17)7-11-6-10-4-2-3-5-12(10)11/h2-5,11,13-14,16H,6-9H2,1H3. The first-order valence-corrected chi connectivity index (χ1v) is 6.65. The van der Waals surface area contributed by atoms with Crippen molar-refractivity contribution in [1.29, 1.82) is 0 Å². The van der Waals surface area contributed by atoms with Crippen molar-refractivity contribution >= 4 is 5.78 Å². The molecule has 1 saturated heterocycles. The van der Waals surface area contributed by atoms with Crippen LogP contribution in [0.1, 0.15) is 23.5 Å². The maximum atomic E-state index is 12.3. The molecule has 96 valence electrons. The molecular weight excluding hydrogens is 226 g/mol. The van der Waals surface area contributed by atoms with Gasteiger partial charge in [-0.05, 0) is 30.5 Å². The Balaban J connectivity index is 1.63. The van der Waals surface area contributed by atoms with Crippen LogP contribution in [0.2, 0.25) is 0 Å². The fourth-order valence-corrected chi connectivity index (χ4v) is 3.10. The molecule has 3 heteroatoms. The van der Waals surface area contributed by atoms with Crippen LogP contribution >= 0.6 is 0 Å². The average Bonchev–Trinajstić information content (AvgIpc) is 2.84. The van der Waals surface area contributed by atoms with Crippen molar-refractivity contribution in [2.75, 3.05) is 20.3 Å². The predicted molar refractivity (Wildman–Crippen MR) is 69.7 cm³/mol. The van der Waals surface area contributed by atoms with Gasteiger partial charge in [0.2, 0.25) is 0 Å². The van der Waals surface area contributed by atoms with Crippen LogP contribution in [-0.2, 0) is 16.0 Å². The third-order valence-corrected chi connectivity index (χ3v) is 4.27. The summed E-state index contributed by atoms with van der Waals surface area (Å²) in [6.07, 6.45) is 1.73. The minimum atomic E-state index is 0.0442. The summed E-state index contributed by atoms with van der Waals surface area (Å²) in [5.74, 6) is 0.834. The number of Topliss-reactive ketones (excluding diaryl/α,β-unsaturated/α-hetero) is 1. The van der Waals surface area contributed by atoms with Crippen LogP contribution in [-0.4, -0.2) is 32.1 Å². The Morgan fingerprint density at radius 3 is 3.00 bits per heavy atom. The van der Waals surface area contributed by atoms with Crippen molar-refractivity contribution in [2.45, 2.75) is 24.8 Å². The number of hydrogen-bond donors (Lipinski definition) is 1. The summed E-state index contributed by atoms with van der Waals surface area (Å²) in [5, 5.41) is 3.18. The van der Waals surface area contributed by atoms with E-state index in [1.807, 2.05) is 7.05 Å². The number of benzene rings is 1. The molecule has 1 heterocycles. The van der Waals surface area contributed by atoms with Gasteiger partial charge in [0.05, 0.1) is 19.1 Å². The van der Waals surface area contributed by atoms with E-state index in [4.69, 9.17) is 4.74 Å². The number of nitrogens with one attached hydrogen (secondary N) is 1. The summed E-state index contributed by atoms with van der Waals surface area (Å²) in [5.41, 5.74) is 2.77. The van der Waals surface area contributed by atoms with Gasteiger partial charge in [0.25, 0.3) is 0 Å². The highest BCUT2D eigenvalue weighted by atomic mass is 16.5. The summed E-state index contributed by atoms with van der Waals surface area (Å²) in [6, 6.07) is 8.64. The minimum Gasteiger partial charge on any atom is -0.379 e. The molecular formula is C15H19NO2. The zero-order valence-corrected chi connectivity index (χ0v) is 10.7. The zero-order valence-electron chi connectivity index (χ0n) is 10.7. The number of carbonyl (C=O) groups is 1. The fourth-order valence-electron chi connectivity index (χ4n) is 3.10. The summed E-state index contributed by atoms with van der Waals surface area (Å²) < 4.78 is 5.40. The number of carbonyl (C=O) groups excluding carboxylic acids is 1. The van der Waals surface area contributed by atoms with Gasteiger partial charge in [-0.15, -0.1) is 0 Å². The van der Waals surface area contributed by atoms with E-state index in [1.54, 1.807) is 0 Å². The molecule has 1 aromatic carbocycles. The van der Waals surface area contributed by atoms with Crippen molar-refractivity contribution < 1.29 is 9.53 Å². The molecule has 1 aliphatic carbocycles. The summed E-state index contributed by atoms with van der Waals surface area (Å²) in [7, 11) is 1.90. The Labute approximate surface area is 108 Å². The Bertz CT molecular complexity index is 458. The Hall–Kier alpha value is -1.19. The molecule has 0 amide bonds. The van der Waals surface area contributed by atoms with E-state index in [0.29, 0.717) is 31.3 Å². The second-order valence-electron chi connectivity index (χ2n) is 5.31. The lowest BCUT2D eigenvalue weighted by Crippen LogP contribution is -2.38. The largest absolute Gasteiger partial charge is 0.379 e. The second-order valence-corrected chi connectivity index (χ2v) is 5.31. The molecule has 1 N–H and O–H groups in total. The monoisotopic (exact) mass is 245 g/mol. The molecule has 3 atom stereocenters. The van der Waals surface area contributed by atoms with Gasteiger partial charge in [0, 0.05) is 12.5 Å². The van der Waals surface area contributed by atoms with Crippen LogP contribution in [0.5, 0.6) is 0 Å². The van der Waals surface area contributed by atoms with Gasteiger partial charge >= 0.3 is 0 Å². The van der Waals surface area contributed by atoms with Crippen molar-refractivity contribution in [3.8, 4) is 0 Å². The molecule has 0 radical (unpaired) electrons. The van der Waals surface area contributed by atoms with Crippen LogP contribution < -0.4 is 5.32 Å². The quantitative estimate of drug-likeness (QED) is 0.874. The van der Waals surface area contributed by atoms with E-state index in [-0.39, 0.29) is 12.0 Å². The van der Waals surface area contributed by atoms with Crippen LogP contribution in [0.15, 0.2) is 24.3 Å². The summed E-state index contributed by atoms with van der Waals surface area (Å²) >= 11 is 0. The van der Waals surface area contributed by atoms with E-state index in [1.165, 1.54) is 11.1 Å². The average molecular weight is 245 g/mol. The topological polar surface area (TPSA) is 38.3 Å². The van der Waals surface area contributed by atoms with Crippen molar-refractivity contribution in [3.63, 3.8) is 0 Å². The highest BCUT2D eigenvalue weighted by Gasteiger charge is 2.36. The normalized spacial score (nSPS) is 29.7. The lowest BCUT2D eigenvalue weighted by Gasteiger charge is -2.30. The molecule has 1 aromatic rings. The van der Waals surface area contributed by atoms with Gasteiger partial charge in [-0.2, -0.15) is 0 Å². The molecule has 0 spiro atoms. The first kappa shape index (κ1) is 11.9. The maximum Gasteiger partial charge on any atom is 0.140 e. The Morgan fingerprint density at radius 1 is 1.39 bits per heavy atom. The van der Waals surface area contributed by atoms with Gasteiger partial charge in [-0.25, -0.2) is 0 Å². The highest BCUT2D eigenvalue weighted by molar-refractivity contribution is 5.83. The number of ether oxygens (including phenoxy) is 1. The van der Waals surface area contributed by atoms with E-state index >= 15 is 0 Å². The van der Waals surface area contributed by atoms with E-state index in [2.05, 4.69) is 29.6 Å². The lowest BCUT2D eigenvalue weighted by molar-refractivity contribution is -0.123. The van der Waals surface area contributed by atoms with E-state index < -0.39 is 0 Å². The molecule has 0 bridgehead atoms. The van der Waals surface area contributed by atoms with Crippen LogP contribution in [0.3, 0.4) is 0 Å². The fraction of sp³-hybridized carbons (Fsp3) is 0.533. The number of likely N-dealkylation sites (N-methyl/N-ethyl adjacent to an activating group) is 1. The van der Waals surface area contributed by atoms with E-state index in [9.17, 15) is 4.79 Å². The van der Waals surface area contributed by atoms with Crippen molar-refractivity contribution in [1.82, 2.24) is 5.32 Å². The summed E-state index contributed by atoms with van der Waals surface area (Å²) in [4.78, 5) is 12.3.